The van der Waals surface area contributed by atoms with Crippen LogP contribution in [-0.2, 0) is 4.79 Å². The molecule has 0 saturated carbocycles. The van der Waals surface area contributed by atoms with Crippen molar-refractivity contribution < 1.29 is 18.9 Å². The Morgan fingerprint density at radius 1 is 1.22 bits per heavy atom. The monoisotopic (exact) mass is 469 g/mol. The molecule has 1 N–H and O–H groups in total. The van der Waals surface area contributed by atoms with E-state index in [1.54, 1.807) is 19.2 Å². The summed E-state index contributed by atoms with van der Waals surface area (Å²) in [5, 5.41) is 24.0. The number of thiazole rings is 1. The number of amides is 1. The van der Waals surface area contributed by atoms with Crippen LogP contribution in [0.15, 0.2) is 63.6 Å². The maximum atomic E-state index is 12.3. The lowest BCUT2D eigenvalue weighted by molar-refractivity contribution is -0.384. The third-order valence-electron chi connectivity index (χ3n) is 4.20. The standard InChI is InChI=1S/C20H15N5O5S2/c1-29-13-8-6-12(7-9-13)15-10-31-19(21-15)22-17(26)11-32-20-24-23-18(30-20)14-4-2-3-5-16(14)25(27)28/h2-10H,11H2,1H3,(H,21,22,26). The van der Waals surface area contributed by atoms with Gasteiger partial charge in [-0.2, -0.15) is 0 Å². The van der Waals surface area contributed by atoms with E-state index in [4.69, 9.17) is 9.15 Å². The second-order valence-corrected chi connectivity index (χ2v) is 8.04. The van der Waals surface area contributed by atoms with Crippen LogP contribution in [0, 0.1) is 10.1 Å². The van der Waals surface area contributed by atoms with E-state index >= 15 is 0 Å². The molecule has 1 amide bonds. The average molecular weight is 470 g/mol. The highest BCUT2D eigenvalue weighted by atomic mass is 32.2. The first-order valence-electron chi connectivity index (χ1n) is 9.13. The maximum Gasteiger partial charge on any atom is 0.282 e. The minimum absolute atomic E-state index is 0.00989. The molecule has 0 saturated heterocycles. The molecule has 0 unspecified atom stereocenters. The van der Waals surface area contributed by atoms with Crippen LogP contribution in [-0.4, -0.2) is 38.9 Å². The molecule has 4 rings (SSSR count). The summed E-state index contributed by atoms with van der Waals surface area (Å²) >= 11 is 2.34. The summed E-state index contributed by atoms with van der Waals surface area (Å²) in [5.74, 6) is 0.483. The molecule has 2 aromatic carbocycles. The van der Waals surface area contributed by atoms with Gasteiger partial charge >= 0.3 is 0 Å². The van der Waals surface area contributed by atoms with Crippen LogP contribution in [0.4, 0.5) is 10.8 Å². The quantitative estimate of drug-likeness (QED) is 0.225. The molecule has 0 fully saturated rings. The molecule has 0 spiro atoms. The van der Waals surface area contributed by atoms with Gasteiger partial charge in [-0.15, -0.1) is 21.5 Å². The van der Waals surface area contributed by atoms with Crippen molar-refractivity contribution in [1.82, 2.24) is 15.2 Å². The average Bonchev–Trinajstić information content (AvgIpc) is 3.47. The number of carbonyl (C=O) groups excluding carboxylic acids is 1. The van der Waals surface area contributed by atoms with Gasteiger partial charge < -0.3 is 14.5 Å². The Hall–Kier alpha value is -3.77. The predicted octanol–water partition coefficient (Wildman–Crippen LogP) is 4.51. The molecule has 10 nitrogen and oxygen atoms in total. The van der Waals surface area contributed by atoms with Crippen LogP contribution in [0.2, 0.25) is 0 Å². The molecule has 0 radical (unpaired) electrons. The van der Waals surface area contributed by atoms with Gasteiger partial charge in [0.25, 0.3) is 16.8 Å². The lowest BCUT2D eigenvalue weighted by atomic mass is 10.2. The molecular formula is C20H15N5O5S2. The fourth-order valence-corrected chi connectivity index (χ4v) is 4.00. The maximum absolute atomic E-state index is 12.3. The van der Waals surface area contributed by atoms with Crippen molar-refractivity contribution in [3.63, 3.8) is 0 Å². The fourth-order valence-electron chi connectivity index (χ4n) is 2.70. The molecule has 162 valence electrons. The number of methoxy groups -OCH3 is 1. The molecule has 12 heteroatoms. The fraction of sp³-hybridized carbons (Fsp3) is 0.100. The summed E-state index contributed by atoms with van der Waals surface area (Å²) < 4.78 is 10.6. The van der Waals surface area contributed by atoms with E-state index in [0.29, 0.717) is 5.13 Å². The Bertz CT molecular complexity index is 1260. The van der Waals surface area contributed by atoms with E-state index in [1.807, 2.05) is 29.6 Å². The van der Waals surface area contributed by atoms with Crippen LogP contribution < -0.4 is 10.1 Å². The third kappa shape index (κ3) is 4.92. The highest BCUT2D eigenvalue weighted by molar-refractivity contribution is 7.99. The minimum Gasteiger partial charge on any atom is -0.497 e. The van der Waals surface area contributed by atoms with E-state index in [9.17, 15) is 14.9 Å². The highest BCUT2D eigenvalue weighted by Crippen LogP contribution is 2.30. The zero-order valence-corrected chi connectivity index (χ0v) is 18.2. The van der Waals surface area contributed by atoms with E-state index in [0.717, 1.165) is 28.8 Å². The number of anilines is 1. The van der Waals surface area contributed by atoms with Gasteiger partial charge in [0.2, 0.25) is 5.91 Å². The van der Waals surface area contributed by atoms with Crippen molar-refractivity contribution in [3.05, 3.63) is 64.0 Å². The zero-order valence-electron chi connectivity index (χ0n) is 16.5. The first-order valence-corrected chi connectivity index (χ1v) is 11.0. The number of carbonyl (C=O) groups is 1. The largest absolute Gasteiger partial charge is 0.497 e. The van der Waals surface area contributed by atoms with Crippen molar-refractivity contribution in [1.29, 1.82) is 0 Å². The van der Waals surface area contributed by atoms with Gasteiger partial charge in [0.1, 0.15) is 11.3 Å². The molecule has 0 bridgehead atoms. The van der Waals surface area contributed by atoms with Gasteiger partial charge in [-0.3, -0.25) is 14.9 Å². The number of ether oxygens (including phenoxy) is 1. The first kappa shape index (κ1) is 21.5. The summed E-state index contributed by atoms with van der Waals surface area (Å²) in [6.45, 7) is 0. The van der Waals surface area contributed by atoms with E-state index in [1.165, 1.54) is 23.5 Å². The highest BCUT2D eigenvalue weighted by Gasteiger charge is 2.20. The number of nitro benzene ring substituents is 1. The molecule has 0 atom stereocenters. The Labute approximate surface area is 189 Å². The Morgan fingerprint density at radius 3 is 2.75 bits per heavy atom. The van der Waals surface area contributed by atoms with Crippen LogP contribution in [0.25, 0.3) is 22.7 Å². The summed E-state index contributed by atoms with van der Waals surface area (Å²) in [6, 6.07) is 13.5. The Kier molecular flexibility index (Phi) is 6.42. The van der Waals surface area contributed by atoms with Gasteiger partial charge in [0.15, 0.2) is 5.13 Å². The Balaban J connectivity index is 1.35. The topological polar surface area (TPSA) is 133 Å². The molecule has 2 aromatic heterocycles. The van der Waals surface area contributed by atoms with E-state index in [-0.39, 0.29) is 34.0 Å². The number of nitrogens with zero attached hydrogens (tertiary/aromatic N) is 4. The van der Waals surface area contributed by atoms with Gasteiger partial charge in [-0.25, -0.2) is 4.98 Å². The number of thioether (sulfide) groups is 1. The number of benzene rings is 2. The van der Waals surface area contributed by atoms with Crippen molar-refractivity contribution in [3.8, 4) is 28.5 Å². The predicted molar refractivity (Wildman–Crippen MR) is 120 cm³/mol. The van der Waals surface area contributed by atoms with Crippen LogP contribution in [0.5, 0.6) is 5.75 Å². The second kappa shape index (κ2) is 9.58. The minimum atomic E-state index is -0.520. The summed E-state index contributed by atoms with van der Waals surface area (Å²) in [6.07, 6.45) is 0. The molecule has 4 aromatic rings. The van der Waals surface area contributed by atoms with Crippen LogP contribution in [0.3, 0.4) is 0 Å². The first-order chi connectivity index (χ1) is 15.5. The van der Waals surface area contributed by atoms with Crippen molar-refractivity contribution in [2.75, 3.05) is 18.2 Å². The van der Waals surface area contributed by atoms with Crippen LogP contribution >= 0.6 is 23.1 Å². The second-order valence-electron chi connectivity index (χ2n) is 6.25. The smallest absolute Gasteiger partial charge is 0.282 e. The molecular weight excluding hydrogens is 454 g/mol. The SMILES string of the molecule is COc1ccc(-c2csc(NC(=O)CSc3nnc(-c4ccccc4[N+](=O)[O-])o3)n2)cc1. The van der Waals surface area contributed by atoms with Crippen molar-refractivity contribution in [2.24, 2.45) is 0 Å². The summed E-state index contributed by atoms with van der Waals surface area (Å²) in [4.78, 5) is 27.3. The lowest BCUT2D eigenvalue weighted by Crippen LogP contribution is -2.13. The number of hydrogen-bond donors (Lipinski definition) is 1. The molecule has 2 heterocycles. The molecule has 0 aliphatic rings. The van der Waals surface area contributed by atoms with Gasteiger partial charge in [-0.05, 0) is 30.3 Å². The number of rotatable bonds is 8. The van der Waals surface area contributed by atoms with Gasteiger partial charge in [-0.1, -0.05) is 23.9 Å². The summed E-state index contributed by atoms with van der Waals surface area (Å²) in [5.41, 5.74) is 1.73. The number of hydrogen-bond acceptors (Lipinski definition) is 10. The van der Waals surface area contributed by atoms with E-state index < -0.39 is 4.92 Å². The van der Waals surface area contributed by atoms with Crippen LogP contribution in [0.1, 0.15) is 0 Å². The molecule has 32 heavy (non-hydrogen) atoms. The molecule has 0 aliphatic heterocycles. The zero-order chi connectivity index (χ0) is 22.5. The number of nitro groups is 1. The summed E-state index contributed by atoms with van der Waals surface area (Å²) in [7, 11) is 1.60. The Morgan fingerprint density at radius 2 is 2.00 bits per heavy atom. The number of aromatic nitrogens is 3. The number of nitrogens with one attached hydrogen (secondary N) is 1. The van der Waals surface area contributed by atoms with E-state index in [2.05, 4.69) is 20.5 Å². The lowest BCUT2D eigenvalue weighted by Gasteiger charge is -2.01. The number of para-hydroxylation sites is 1. The van der Waals surface area contributed by atoms with Crippen molar-refractivity contribution >= 4 is 39.8 Å². The third-order valence-corrected chi connectivity index (χ3v) is 5.78. The van der Waals surface area contributed by atoms with Crippen molar-refractivity contribution in [2.45, 2.75) is 5.22 Å². The molecule has 0 aliphatic carbocycles. The van der Waals surface area contributed by atoms with Gasteiger partial charge in [0.05, 0.1) is 23.5 Å². The van der Waals surface area contributed by atoms with Gasteiger partial charge in [0, 0.05) is 17.0 Å². The normalized spacial score (nSPS) is 10.7.